The third kappa shape index (κ3) is 4.57. The molecule has 0 amide bonds. The van der Waals surface area contributed by atoms with Crippen LogP contribution in [-0.4, -0.2) is 41.7 Å². The number of nitrogens with zero attached hydrogens (tertiary/aromatic N) is 1. The predicted octanol–water partition coefficient (Wildman–Crippen LogP) is 2.80. The standard InChI is InChI=1S/C12H24INO/c1-10-7-14(6-5-13)8-11(9-15-10)12(2,3)4/h10-11H,5-9H2,1-4H3/t10-,11?/m1/s1. The van der Waals surface area contributed by atoms with Crippen LogP contribution in [-0.2, 0) is 4.74 Å². The molecule has 1 heterocycles. The molecule has 0 aliphatic carbocycles. The maximum absolute atomic E-state index is 5.87. The fourth-order valence-electron chi connectivity index (χ4n) is 1.96. The van der Waals surface area contributed by atoms with Crippen LogP contribution in [0.4, 0.5) is 0 Å². The van der Waals surface area contributed by atoms with Crippen molar-refractivity contribution in [1.29, 1.82) is 0 Å². The van der Waals surface area contributed by atoms with Gasteiger partial charge in [0, 0.05) is 24.1 Å². The van der Waals surface area contributed by atoms with Gasteiger partial charge >= 0.3 is 0 Å². The third-order valence-electron chi connectivity index (χ3n) is 3.20. The summed E-state index contributed by atoms with van der Waals surface area (Å²) < 4.78 is 7.08. The fraction of sp³-hybridized carbons (Fsp3) is 1.00. The first-order valence-electron chi connectivity index (χ1n) is 5.83. The molecule has 90 valence electrons. The molecule has 1 rings (SSSR count). The van der Waals surface area contributed by atoms with Gasteiger partial charge in [-0.1, -0.05) is 43.4 Å². The molecule has 1 aliphatic rings. The van der Waals surface area contributed by atoms with Crippen LogP contribution in [0.3, 0.4) is 0 Å². The Hall–Kier alpha value is 0.650. The zero-order valence-electron chi connectivity index (χ0n) is 10.4. The first-order chi connectivity index (χ1) is 6.93. The van der Waals surface area contributed by atoms with E-state index in [0.29, 0.717) is 17.4 Å². The van der Waals surface area contributed by atoms with E-state index in [1.54, 1.807) is 0 Å². The second kappa shape index (κ2) is 5.82. The Morgan fingerprint density at radius 2 is 2.00 bits per heavy atom. The molecule has 0 spiro atoms. The highest BCUT2D eigenvalue weighted by Gasteiger charge is 2.30. The van der Waals surface area contributed by atoms with Gasteiger partial charge in [0.25, 0.3) is 0 Å². The predicted molar refractivity (Wildman–Crippen MR) is 73.7 cm³/mol. The summed E-state index contributed by atoms with van der Waals surface area (Å²) in [6.07, 6.45) is 0.389. The Kier molecular flexibility index (Phi) is 5.32. The lowest BCUT2D eigenvalue weighted by atomic mass is 9.81. The summed E-state index contributed by atoms with van der Waals surface area (Å²) in [6.45, 7) is 13.5. The van der Waals surface area contributed by atoms with Gasteiger partial charge < -0.3 is 4.74 Å². The summed E-state index contributed by atoms with van der Waals surface area (Å²) in [5.41, 5.74) is 0.355. The van der Waals surface area contributed by atoms with Crippen molar-refractivity contribution in [2.45, 2.75) is 33.8 Å². The topological polar surface area (TPSA) is 12.5 Å². The molecule has 1 fully saturated rings. The number of alkyl halides is 1. The molecule has 0 aromatic rings. The van der Waals surface area contributed by atoms with E-state index in [4.69, 9.17) is 4.74 Å². The van der Waals surface area contributed by atoms with Crippen molar-refractivity contribution in [1.82, 2.24) is 4.90 Å². The van der Waals surface area contributed by atoms with Gasteiger partial charge in [-0.25, -0.2) is 0 Å². The average Bonchev–Trinajstić information content (AvgIpc) is 2.26. The van der Waals surface area contributed by atoms with Crippen molar-refractivity contribution in [3.8, 4) is 0 Å². The van der Waals surface area contributed by atoms with Gasteiger partial charge in [-0.15, -0.1) is 0 Å². The van der Waals surface area contributed by atoms with Crippen LogP contribution in [0.1, 0.15) is 27.7 Å². The average molecular weight is 325 g/mol. The maximum atomic E-state index is 5.87. The van der Waals surface area contributed by atoms with E-state index in [1.807, 2.05) is 0 Å². The second-order valence-corrected chi connectivity index (χ2v) is 6.73. The molecular formula is C12H24INO. The SMILES string of the molecule is C[C@@H]1CN(CCI)CC(C(C)(C)C)CO1. The lowest BCUT2D eigenvalue weighted by Gasteiger charge is -2.32. The number of hydrogen-bond acceptors (Lipinski definition) is 2. The van der Waals surface area contributed by atoms with Crippen LogP contribution in [0, 0.1) is 11.3 Å². The van der Waals surface area contributed by atoms with E-state index in [1.165, 1.54) is 17.5 Å². The summed E-state index contributed by atoms with van der Waals surface area (Å²) in [5.74, 6) is 0.658. The molecule has 1 aliphatic heterocycles. The molecule has 0 bridgehead atoms. The van der Waals surface area contributed by atoms with Gasteiger partial charge in [-0.05, 0) is 18.3 Å². The molecule has 0 radical (unpaired) electrons. The van der Waals surface area contributed by atoms with E-state index in [-0.39, 0.29) is 0 Å². The molecule has 2 nitrogen and oxygen atoms in total. The minimum Gasteiger partial charge on any atom is -0.377 e. The zero-order chi connectivity index (χ0) is 11.5. The molecule has 1 unspecified atom stereocenters. The third-order valence-corrected chi connectivity index (χ3v) is 3.68. The number of hydrogen-bond donors (Lipinski definition) is 0. The van der Waals surface area contributed by atoms with Crippen molar-refractivity contribution < 1.29 is 4.74 Å². The molecule has 0 saturated carbocycles. The van der Waals surface area contributed by atoms with Crippen molar-refractivity contribution >= 4 is 22.6 Å². The van der Waals surface area contributed by atoms with E-state index in [9.17, 15) is 0 Å². The quantitative estimate of drug-likeness (QED) is 0.572. The smallest absolute Gasteiger partial charge is 0.0674 e. The number of rotatable bonds is 2. The lowest BCUT2D eigenvalue weighted by Crippen LogP contribution is -2.37. The van der Waals surface area contributed by atoms with Gasteiger partial charge in [0.2, 0.25) is 0 Å². The van der Waals surface area contributed by atoms with E-state index < -0.39 is 0 Å². The van der Waals surface area contributed by atoms with E-state index >= 15 is 0 Å². The Balaban J connectivity index is 2.60. The molecule has 15 heavy (non-hydrogen) atoms. The normalized spacial score (nSPS) is 30.2. The Morgan fingerprint density at radius 3 is 2.53 bits per heavy atom. The van der Waals surface area contributed by atoms with Gasteiger partial charge in [0.05, 0.1) is 12.7 Å². The van der Waals surface area contributed by atoms with E-state index in [0.717, 1.165) is 13.2 Å². The molecule has 2 atom stereocenters. The largest absolute Gasteiger partial charge is 0.377 e. The summed E-state index contributed by atoms with van der Waals surface area (Å²) >= 11 is 2.46. The summed E-state index contributed by atoms with van der Waals surface area (Å²) in [6, 6.07) is 0. The molecule has 3 heteroatoms. The van der Waals surface area contributed by atoms with Gasteiger partial charge in [-0.3, -0.25) is 4.90 Å². The molecule has 1 saturated heterocycles. The summed E-state index contributed by atoms with van der Waals surface area (Å²) in [5, 5.41) is 0. The second-order valence-electron chi connectivity index (χ2n) is 5.66. The Labute approximate surface area is 108 Å². The van der Waals surface area contributed by atoms with Crippen LogP contribution in [0.2, 0.25) is 0 Å². The highest BCUT2D eigenvalue weighted by molar-refractivity contribution is 14.1. The molecule has 0 N–H and O–H groups in total. The first kappa shape index (κ1) is 13.7. The fourth-order valence-corrected chi connectivity index (χ4v) is 2.64. The molecule has 0 aromatic carbocycles. The zero-order valence-corrected chi connectivity index (χ0v) is 12.6. The summed E-state index contributed by atoms with van der Waals surface area (Å²) in [4.78, 5) is 2.56. The van der Waals surface area contributed by atoms with Crippen LogP contribution in [0.5, 0.6) is 0 Å². The van der Waals surface area contributed by atoms with Crippen molar-refractivity contribution in [3.63, 3.8) is 0 Å². The highest BCUT2D eigenvalue weighted by Crippen LogP contribution is 2.29. The minimum absolute atomic E-state index is 0.355. The van der Waals surface area contributed by atoms with Crippen molar-refractivity contribution in [2.75, 3.05) is 30.7 Å². The monoisotopic (exact) mass is 325 g/mol. The van der Waals surface area contributed by atoms with Crippen LogP contribution in [0.15, 0.2) is 0 Å². The summed E-state index contributed by atoms with van der Waals surface area (Å²) in [7, 11) is 0. The minimum atomic E-state index is 0.355. The first-order valence-corrected chi connectivity index (χ1v) is 7.36. The van der Waals surface area contributed by atoms with Crippen molar-refractivity contribution in [2.24, 2.45) is 11.3 Å². The van der Waals surface area contributed by atoms with Crippen LogP contribution < -0.4 is 0 Å². The van der Waals surface area contributed by atoms with Crippen molar-refractivity contribution in [3.05, 3.63) is 0 Å². The van der Waals surface area contributed by atoms with Crippen LogP contribution in [0.25, 0.3) is 0 Å². The van der Waals surface area contributed by atoms with Crippen LogP contribution >= 0.6 is 22.6 Å². The maximum Gasteiger partial charge on any atom is 0.0674 e. The Bertz CT molecular complexity index is 191. The van der Waals surface area contributed by atoms with E-state index in [2.05, 4.69) is 55.2 Å². The number of halogens is 1. The molecular weight excluding hydrogens is 301 g/mol. The molecule has 0 aromatic heterocycles. The van der Waals surface area contributed by atoms with Gasteiger partial charge in [0.15, 0.2) is 0 Å². The van der Waals surface area contributed by atoms with Gasteiger partial charge in [-0.2, -0.15) is 0 Å². The van der Waals surface area contributed by atoms with Gasteiger partial charge in [0.1, 0.15) is 0 Å². The lowest BCUT2D eigenvalue weighted by molar-refractivity contribution is 0.0334. The highest BCUT2D eigenvalue weighted by atomic mass is 127. The number of ether oxygens (including phenoxy) is 1. The Morgan fingerprint density at radius 1 is 1.33 bits per heavy atom.